The maximum absolute atomic E-state index is 13.2. The summed E-state index contributed by atoms with van der Waals surface area (Å²) in [5.41, 5.74) is -2.53. The molecule has 0 saturated heterocycles. The number of carbonyl (C=O) groups excluding carboxylic acids is 2. The Morgan fingerprint density at radius 1 is 1.12 bits per heavy atom. The SMILES string of the molecule is Cc1nn(C)c(OC(=O)c2cn(C)nc2C(F)(F)F)c1C(=O)c1ccc(S(C)(=O)=O)cc1Cl. The van der Waals surface area contributed by atoms with Crippen molar-refractivity contribution in [1.29, 1.82) is 0 Å². The number of esters is 1. The first-order valence-electron chi connectivity index (χ1n) is 9.02. The van der Waals surface area contributed by atoms with Gasteiger partial charge >= 0.3 is 12.1 Å². The van der Waals surface area contributed by atoms with Crippen LogP contribution in [0.5, 0.6) is 5.88 Å². The molecular weight excluding hydrogens is 489 g/mol. The van der Waals surface area contributed by atoms with Gasteiger partial charge in [-0.05, 0) is 25.1 Å². The number of ether oxygens (including phenoxy) is 1. The van der Waals surface area contributed by atoms with Crippen LogP contribution in [0.2, 0.25) is 5.02 Å². The zero-order chi connectivity index (χ0) is 24.9. The van der Waals surface area contributed by atoms with E-state index in [-0.39, 0.29) is 26.7 Å². The van der Waals surface area contributed by atoms with Crippen molar-refractivity contribution in [3.05, 3.63) is 57.5 Å². The number of hydrogen-bond acceptors (Lipinski definition) is 7. The molecule has 14 heteroatoms. The van der Waals surface area contributed by atoms with Crippen LogP contribution in [0.15, 0.2) is 29.3 Å². The van der Waals surface area contributed by atoms with Gasteiger partial charge in [0, 0.05) is 32.1 Å². The summed E-state index contributed by atoms with van der Waals surface area (Å²) in [5, 5.41) is 7.07. The third-order valence-electron chi connectivity index (χ3n) is 4.52. The van der Waals surface area contributed by atoms with Crippen molar-refractivity contribution in [2.45, 2.75) is 18.0 Å². The standard InChI is InChI=1S/C19H16ClF3N4O5S/c1-9-14(15(28)11-6-5-10(7-13(11)20)33(4,30)31)17(27(3)24-9)32-18(29)12-8-26(2)25-16(12)19(21,22)23/h5-8H,1-4H3. The van der Waals surface area contributed by atoms with Gasteiger partial charge in [0.05, 0.1) is 15.6 Å². The number of benzene rings is 1. The molecule has 0 radical (unpaired) electrons. The summed E-state index contributed by atoms with van der Waals surface area (Å²) >= 11 is 6.11. The Bertz CT molecular complexity index is 1390. The van der Waals surface area contributed by atoms with Gasteiger partial charge in [0.1, 0.15) is 11.1 Å². The predicted octanol–water partition coefficient (Wildman–Crippen LogP) is 2.99. The number of aryl methyl sites for hydroxylation is 3. The molecule has 0 amide bonds. The van der Waals surface area contributed by atoms with Crippen LogP contribution in [0.4, 0.5) is 13.2 Å². The second-order valence-corrected chi connectivity index (χ2v) is 9.51. The van der Waals surface area contributed by atoms with Gasteiger partial charge in [-0.15, -0.1) is 0 Å². The summed E-state index contributed by atoms with van der Waals surface area (Å²) in [4.78, 5) is 25.6. The van der Waals surface area contributed by atoms with Crippen LogP contribution < -0.4 is 4.74 Å². The predicted molar refractivity (Wildman–Crippen MR) is 109 cm³/mol. The average Bonchev–Trinajstić information content (AvgIpc) is 3.20. The van der Waals surface area contributed by atoms with Crippen LogP contribution in [0.25, 0.3) is 0 Å². The molecule has 0 unspecified atom stereocenters. The zero-order valence-corrected chi connectivity index (χ0v) is 19.1. The molecule has 0 aliphatic heterocycles. The smallest absolute Gasteiger partial charge is 0.403 e. The number of halogens is 4. The molecule has 0 spiro atoms. The molecule has 1 aromatic carbocycles. The molecule has 0 aliphatic carbocycles. The van der Waals surface area contributed by atoms with Crippen molar-refractivity contribution in [2.75, 3.05) is 6.26 Å². The van der Waals surface area contributed by atoms with Gasteiger partial charge < -0.3 is 4.74 Å². The minimum absolute atomic E-state index is 0.107. The molecule has 0 bridgehead atoms. The van der Waals surface area contributed by atoms with E-state index in [2.05, 4.69) is 10.2 Å². The van der Waals surface area contributed by atoms with Crippen molar-refractivity contribution in [2.24, 2.45) is 14.1 Å². The van der Waals surface area contributed by atoms with E-state index in [1.165, 1.54) is 33.2 Å². The summed E-state index contributed by atoms with van der Waals surface area (Å²) in [6.45, 7) is 1.43. The third kappa shape index (κ3) is 4.78. The van der Waals surface area contributed by atoms with E-state index in [1.807, 2.05) is 0 Å². The van der Waals surface area contributed by atoms with E-state index < -0.39 is 44.9 Å². The quantitative estimate of drug-likeness (QED) is 0.387. The monoisotopic (exact) mass is 504 g/mol. The van der Waals surface area contributed by atoms with Crippen molar-refractivity contribution < 1.29 is 35.9 Å². The summed E-state index contributed by atoms with van der Waals surface area (Å²) in [7, 11) is -1.05. The molecule has 0 saturated carbocycles. The van der Waals surface area contributed by atoms with Gasteiger partial charge in [-0.3, -0.25) is 9.48 Å². The van der Waals surface area contributed by atoms with Crippen molar-refractivity contribution in [3.63, 3.8) is 0 Å². The van der Waals surface area contributed by atoms with Crippen LogP contribution in [0.1, 0.15) is 37.7 Å². The largest absolute Gasteiger partial charge is 0.436 e. The first kappa shape index (κ1) is 24.5. The zero-order valence-electron chi connectivity index (χ0n) is 17.6. The number of nitrogens with zero attached hydrogens (tertiary/aromatic N) is 4. The second kappa shape index (κ2) is 8.30. The molecule has 0 N–H and O–H groups in total. The Hall–Kier alpha value is -3.19. The fourth-order valence-corrected chi connectivity index (χ4v) is 4.03. The van der Waals surface area contributed by atoms with Gasteiger partial charge in [-0.25, -0.2) is 17.9 Å². The number of ketones is 1. The number of aromatic nitrogens is 4. The summed E-state index contributed by atoms with van der Waals surface area (Å²) in [6, 6.07) is 3.45. The molecule has 176 valence electrons. The second-order valence-electron chi connectivity index (χ2n) is 7.08. The fraction of sp³-hybridized carbons (Fsp3) is 0.263. The fourth-order valence-electron chi connectivity index (χ4n) is 3.05. The maximum Gasteiger partial charge on any atom is 0.436 e. The van der Waals surface area contributed by atoms with E-state index in [4.69, 9.17) is 16.3 Å². The van der Waals surface area contributed by atoms with Gasteiger partial charge in [0.15, 0.2) is 15.5 Å². The number of hydrogen-bond donors (Lipinski definition) is 0. The number of sulfone groups is 1. The van der Waals surface area contributed by atoms with Gasteiger partial charge in [-0.2, -0.15) is 23.4 Å². The molecule has 33 heavy (non-hydrogen) atoms. The number of carbonyl (C=O) groups is 2. The first-order chi connectivity index (χ1) is 15.1. The van der Waals surface area contributed by atoms with Gasteiger partial charge in [-0.1, -0.05) is 11.6 Å². The highest BCUT2D eigenvalue weighted by Crippen LogP contribution is 2.33. The van der Waals surface area contributed by atoms with Crippen LogP contribution in [0, 0.1) is 6.92 Å². The van der Waals surface area contributed by atoms with Crippen LogP contribution in [-0.2, 0) is 30.1 Å². The van der Waals surface area contributed by atoms with Crippen LogP contribution in [-0.4, -0.2) is 46.0 Å². The Morgan fingerprint density at radius 2 is 1.76 bits per heavy atom. The highest BCUT2D eigenvalue weighted by Gasteiger charge is 2.40. The molecule has 0 atom stereocenters. The van der Waals surface area contributed by atoms with E-state index in [1.54, 1.807) is 0 Å². The molecule has 3 rings (SSSR count). The number of alkyl halides is 3. The Kier molecular flexibility index (Phi) is 6.15. The van der Waals surface area contributed by atoms with Crippen molar-refractivity contribution in [3.8, 4) is 5.88 Å². The maximum atomic E-state index is 13.2. The lowest BCUT2D eigenvalue weighted by molar-refractivity contribution is -0.141. The normalized spacial score (nSPS) is 12.1. The van der Waals surface area contributed by atoms with E-state index >= 15 is 0 Å². The first-order valence-corrected chi connectivity index (χ1v) is 11.3. The summed E-state index contributed by atoms with van der Waals surface area (Å²) in [6.07, 6.45) is -3.10. The molecule has 0 fully saturated rings. The van der Waals surface area contributed by atoms with Crippen LogP contribution in [0.3, 0.4) is 0 Å². The highest BCUT2D eigenvalue weighted by atomic mass is 35.5. The third-order valence-corrected chi connectivity index (χ3v) is 5.94. The minimum atomic E-state index is -4.91. The van der Waals surface area contributed by atoms with Gasteiger partial charge in [0.2, 0.25) is 11.7 Å². The minimum Gasteiger partial charge on any atom is -0.403 e. The topological polar surface area (TPSA) is 113 Å². The highest BCUT2D eigenvalue weighted by molar-refractivity contribution is 7.90. The molecule has 3 aromatic rings. The molecule has 2 aromatic heterocycles. The summed E-state index contributed by atoms with van der Waals surface area (Å²) in [5.74, 6) is -2.58. The molecule has 2 heterocycles. The van der Waals surface area contributed by atoms with E-state index in [0.29, 0.717) is 0 Å². The molecular formula is C19H16ClF3N4O5S. The van der Waals surface area contributed by atoms with Gasteiger partial charge in [0.25, 0.3) is 0 Å². The lowest BCUT2D eigenvalue weighted by atomic mass is 10.0. The van der Waals surface area contributed by atoms with Crippen molar-refractivity contribution in [1.82, 2.24) is 19.6 Å². The van der Waals surface area contributed by atoms with Crippen molar-refractivity contribution >= 4 is 33.2 Å². The molecule has 9 nitrogen and oxygen atoms in total. The lowest BCUT2D eigenvalue weighted by Crippen LogP contribution is -2.18. The Morgan fingerprint density at radius 3 is 2.30 bits per heavy atom. The Balaban J connectivity index is 2.04. The number of rotatable bonds is 5. The lowest BCUT2D eigenvalue weighted by Gasteiger charge is -2.10. The average molecular weight is 505 g/mol. The van der Waals surface area contributed by atoms with Crippen LogP contribution >= 0.6 is 11.6 Å². The summed E-state index contributed by atoms with van der Waals surface area (Å²) < 4.78 is 70.0. The molecule has 0 aliphatic rings. The van der Waals surface area contributed by atoms with E-state index in [0.717, 1.165) is 27.9 Å². The van der Waals surface area contributed by atoms with E-state index in [9.17, 15) is 31.2 Å². The Labute approximate surface area is 190 Å².